The largest absolute Gasteiger partial charge is 0.419 e. The van der Waals surface area contributed by atoms with Crippen LogP contribution in [0.3, 0.4) is 0 Å². The molecule has 0 aliphatic carbocycles. The van der Waals surface area contributed by atoms with Gasteiger partial charge in [-0.3, -0.25) is 0 Å². The Morgan fingerprint density at radius 2 is 1.69 bits per heavy atom. The van der Waals surface area contributed by atoms with Gasteiger partial charge < -0.3 is 21.3 Å². The van der Waals surface area contributed by atoms with E-state index in [-0.39, 0.29) is 5.69 Å². The van der Waals surface area contributed by atoms with Gasteiger partial charge in [0.05, 0.1) is 11.3 Å². The van der Waals surface area contributed by atoms with Gasteiger partial charge in [-0.25, -0.2) is 4.98 Å². The molecule has 1 saturated heterocycles. The zero-order valence-corrected chi connectivity index (χ0v) is 20.8. The van der Waals surface area contributed by atoms with E-state index in [0.29, 0.717) is 28.7 Å². The number of nitrogens with one attached hydrogen (secondary N) is 4. The summed E-state index contributed by atoms with van der Waals surface area (Å²) in [6, 6.07) is 12.7. The van der Waals surface area contributed by atoms with E-state index in [1.165, 1.54) is 17.2 Å². The molecule has 0 atom stereocenters. The van der Waals surface area contributed by atoms with Gasteiger partial charge in [0.25, 0.3) is 0 Å². The number of benzene rings is 2. The molecule has 2 aromatic carbocycles. The molecule has 36 heavy (non-hydrogen) atoms. The Morgan fingerprint density at radius 3 is 2.39 bits per heavy atom. The maximum atomic E-state index is 13.8. The monoisotopic (exact) mass is 495 g/mol. The molecular formula is C28H32F3N5. The number of alkyl halides is 3. The first-order valence-electron chi connectivity index (χ1n) is 12.1. The van der Waals surface area contributed by atoms with E-state index in [1.807, 2.05) is 13.0 Å². The fourth-order valence-corrected chi connectivity index (χ4v) is 4.67. The standard InChI is InChI=1S/C28H32F3N5/c1-17-14-25(18(2)13-22(17)20-9-11-33-12-10-20)36-27-15-26(23(16-34-27)28(29,30)31)35-24-8-6-5-7-21(24)19(3)32-4/h5-8,13-16,20,32-33H,3,9-12H2,1-2,4H3,(H2,34,35,36). The lowest BCUT2D eigenvalue weighted by molar-refractivity contribution is -0.137. The highest BCUT2D eigenvalue weighted by Crippen LogP contribution is 2.39. The molecule has 3 aromatic rings. The number of piperidine rings is 1. The molecule has 4 rings (SSSR count). The van der Waals surface area contributed by atoms with Crippen LogP contribution < -0.4 is 21.3 Å². The molecule has 0 spiro atoms. The summed E-state index contributed by atoms with van der Waals surface area (Å²) in [5, 5.41) is 12.5. The predicted octanol–water partition coefficient (Wildman–Crippen LogP) is 6.86. The molecule has 0 amide bonds. The predicted molar refractivity (Wildman–Crippen MR) is 141 cm³/mol. The van der Waals surface area contributed by atoms with Crippen LogP contribution in [-0.4, -0.2) is 25.1 Å². The van der Waals surface area contributed by atoms with Gasteiger partial charge >= 0.3 is 6.18 Å². The second-order valence-corrected chi connectivity index (χ2v) is 9.19. The zero-order valence-electron chi connectivity index (χ0n) is 20.8. The van der Waals surface area contributed by atoms with Crippen molar-refractivity contribution in [3.63, 3.8) is 0 Å². The number of halogens is 3. The average Bonchev–Trinajstić information content (AvgIpc) is 2.86. The lowest BCUT2D eigenvalue weighted by atomic mass is 9.86. The highest BCUT2D eigenvalue weighted by Gasteiger charge is 2.34. The topological polar surface area (TPSA) is 61.0 Å². The van der Waals surface area contributed by atoms with Crippen molar-refractivity contribution in [3.8, 4) is 0 Å². The second-order valence-electron chi connectivity index (χ2n) is 9.19. The quantitative estimate of drug-likeness (QED) is 0.288. The highest BCUT2D eigenvalue weighted by atomic mass is 19.4. The normalized spacial score (nSPS) is 14.4. The summed E-state index contributed by atoms with van der Waals surface area (Å²) in [4.78, 5) is 4.09. The van der Waals surface area contributed by atoms with Gasteiger partial charge in [-0.05, 0) is 74.5 Å². The number of hydrogen-bond donors (Lipinski definition) is 4. The Balaban J connectivity index is 1.66. The Morgan fingerprint density at radius 1 is 0.972 bits per heavy atom. The summed E-state index contributed by atoms with van der Waals surface area (Å²) >= 11 is 0. The molecule has 190 valence electrons. The van der Waals surface area contributed by atoms with Crippen LogP contribution in [0.1, 0.15) is 46.6 Å². The van der Waals surface area contributed by atoms with Crippen molar-refractivity contribution in [2.75, 3.05) is 30.8 Å². The minimum Gasteiger partial charge on any atom is -0.388 e. The first kappa shape index (κ1) is 25.6. The Bertz CT molecular complexity index is 1250. The fraction of sp³-hybridized carbons (Fsp3) is 0.321. The van der Waals surface area contributed by atoms with Gasteiger partial charge in [0, 0.05) is 41.9 Å². The highest BCUT2D eigenvalue weighted by molar-refractivity contribution is 5.79. The molecule has 1 aromatic heterocycles. The number of hydrogen-bond acceptors (Lipinski definition) is 5. The molecule has 0 saturated carbocycles. The van der Waals surface area contributed by atoms with Crippen LogP contribution in [0.5, 0.6) is 0 Å². The number of para-hydroxylation sites is 1. The van der Waals surface area contributed by atoms with Gasteiger partial charge in [-0.2, -0.15) is 13.2 Å². The van der Waals surface area contributed by atoms with Crippen molar-refractivity contribution in [1.82, 2.24) is 15.6 Å². The SMILES string of the molecule is C=C(NC)c1ccccc1Nc1cc(Nc2cc(C)c(C3CCNCC3)cc2C)ncc1C(F)(F)F. The zero-order chi connectivity index (χ0) is 25.9. The summed E-state index contributed by atoms with van der Waals surface area (Å²) in [5.74, 6) is 0.846. The van der Waals surface area contributed by atoms with Gasteiger partial charge in [-0.15, -0.1) is 0 Å². The van der Waals surface area contributed by atoms with Crippen LogP contribution in [0.15, 0.2) is 55.2 Å². The fourth-order valence-electron chi connectivity index (χ4n) is 4.67. The molecule has 1 aliphatic rings. The molecule has 0 radical (unpaired) electrons. The number of rotatable bonds is 7. The summed E-state index contributed by atoms with van der Waals surface area (Å²) in [6.07, 6.45) is -1.49. The van der Waals surface area contributed by atoms with Crippen molar-refractivity contribution >= 4 is 28.6 Å². The molecule has 1 aliphatic heterocycles. The van der Waals surface area contributed by atoms with E-state index >= 15 is 0 Å². The maximum absolute atomic E-state index is 13.8. The number of nitrogens with zero attached hydrogens (tertiary/aromatic N) is 1. The van der Waals surface area contributed by atoms with Crippen molar-refractivity contribution in [1.29, 1.82) is 0 Å². The molecule has 4 N–H and O–H groups in total. The first-order valence-corrected chi connectivity index (χ1v) is 12.1. The Hall–Kier alpha value is -3.52. The van der Waals surface area contributed by atoms with E-state index in [9.17, 15) is 13.2 Å². The molecular weight excluding hydrogens is 463 g/mol. The number of anilines is 4. The van der Waals surface area contributed by atoms with Crippen LogP contribution in [0, 0.1) is 13.8 Å². The van der Waals surface area contributed by atoms with Gasteiger partial charge in [-0.1, -0.05) is 30.8 Å². The second kappa shape index (κ2) is 10.6. The number of aryl methyl sites for hydroxylation is 2. The third kappa shape index (κ3) is 5.65. The van der Waals surface area contributed by atoms with Crippen molar-refractivity contribution in [2.45, 2.75) is 38.8 Å². The molecule has 2 heterocycles. The van der Waals surface area contributed by atoms with Crippen molar-refractivity contribution in [2.24, 2.45) is 0 Å². The third-order valence-corrected chi connectivity index (χ3v) is 6.69. The van der Waals surface area contributed by atoms with E-state index in [1.54, 1.807) is 25.2 Å². The van der Waals surface area contributed by atoms with Crippen molar-refractivity contribution < 1.29 is 13.2 Å². The maximum Gasteiger partial charge on any atom is 0.419 e. The van der Waals surface area contributed by atoms with Gasteiger partial charge in [0.15, 0.2) is 0 Å². The van der Waals surface area contributed by atoms with Crippen LogP contribution in [-0.2, 0) is 6.18 Å². The van der Waals surface area contributed by atoms with E-state index in [4.69, 9.17) is 0 Å². The molecule has 8 heteroatoms. The number of pyridine rings is 1. The molecule has 0 bridgehead atoms. The van der Waals surface area contributed by atoms with Gasteiger partial charge in [0.1, 0.15) is 5.82 Å². The summed E-state index contributed by atoms with van der Waals surface area (Å²) in [7, 11) is 1.72. The average molecular weight is 496 g/mol. The molecule has 0 unspecified atom stereocenters. The van der Waals surface area contributed by atoms with Crippen LogP contribution >= 0.6 is 0 Å². The van der Waals surface area contributed by atoms with Crippen molar-refractivity contribution in [3.05, 3.63) is 83.1 Å². The number of aromatic nitrogens is 1. The molecule has 5 nitrogen and oxygen atoms in total. The third-order valence-electron chi connectivity index (χ3n) is 6.69. The molecule has 1 fully saturated rings. The van der Waals surface area contributed by atoms with E-state index in [0.717, 1.165) is 43.4 Å². The van der Waals surface area contributed by atoms with Crippen LogP contribution in [0.25, 0.3) is 5.70 Å². The van der Waals surface area contributed by atoms with E-state index in [2.05, 4.69) is 51.9 Å². The first-order chi connectivity index (χ1) is 17.2. The van der Waals surface area contributed by atoms with Crippen LogP contribution in [0.2, 0.25) is 0 Å². The lowest BCUT2D eigenvalue weighted by Crippen LogP contribution is -2.27. The van der Waals surface area contributed by atoms with Crippen LogP contribution in [0.4, 0.5) is 36.1 Å². The smallest absolute Gasteiger partial charge is 0.388 e. The van der Waals surface area contributed by atoms with E-state index < -0.39 is 11.7 Å². The van der Waals surface area contributed by atoms with Gasteiger partial charge in [0.2, 0.25) is 0 Å². The summed E-state index contributed by atoms with van der Waals surface area (Å²) in [6.45, 7) is 10.1. The Kier molecular flexibility index (Phi) is 7.54. The summed E-state index contributed by atoms with van der Waals surface area (Å²) in [5.41, 5.74) is 5.22. The Labute approximate surface area is 210 Å². The lowest BCUT2D eigenvalue weighted by Gasteiger charge is -2.25. The minimum atomic E-state index is -4.56. The minimum absolute atomic E-state index is 0.0861. The summed E-state index contributed by atoms with van der Waals surface area (Å²) < 4.78 is 41.5.